The molecule has 1 heterocycles. The summed E-state index contributed by atoms with van der Waals surface area (Å²) in [5.41, 5.74) is 2.97. The van der Waals surface area contributed by atoms with Gasteiger partial charge in [-0.15, -0.1) is 11.3 Å². The van der Waals surface area contributed by atoms with Crippen molar-refractivity contribution in [1.29, 1.82) is 0 Å². The Kier molecular flexibility index (Phi) is 3.70. The van der Waals surface area contributed by atoms with Crippen LogP contribution in [0.2, 0.25) is 5.02 Å². The van der Waals surface area contributed by atoms with E-state index in [2.05, 4.69) is 5.32 Å². The lowest BCUT2D eigenvalue weighted by Crippen LogP contribution is -2.11. The SMILES string of the molecule is Cc1ccc(C)c(NC(=O)c2sc3ccccc3c2Cl)c1. The fourth-order valence-corrected chi connectivity index (χ4v) is 3.62. The number of nitrogens with one attached hydrogen (secondary N) is 1. The van der Waals surface area contributed by atoms with E-state index in [1.165, 1.54) is 11.3 Å². The van der Waals surface area contributed by atoms with Crippen molar-refractivity contribution in [2.24, 2.45) is 0 Å². The Balaban J connectivity index is 1.97. The molecule has 3 aromatic rings. The summed E-state index contributed by atoms with van der Waals surface area (Å²) in [4.78, 5) is 13.0. The zero-order chi connectivity index (χ0) is 15.0. The molecule has 1 N–H and O–H groups in total. The number of halogens is 1. The van der Waals surface area contributed by atoms with Gasteiger partial charge in [0.25, 0.3) is 5.91 Å². The molecule has 0 bridgehead atoms. The summed E-state index contributed by atoms with van der Waals surface area (Å²) >= 11 is 7.76. The average molecular weight is 316 g/mol. The first kappa shape index (κ1) is 14.1. The number of aryl methyl sites for hydroxylation is 2. The van der Waals surface area contributed by atoms with Crippen LogP contribution in [-0.4, -0.2) is 5.91 Å². The summed E-state index contributed by atoms with van der Waals surface area (Å²) in [7, 11) is 0. The van der Waals surface area contributed by atoms with E-state index in [0.29, 0.717) is 9.90 Å². The number of anilines is 1. The van der Waals surface area contributed by atoms with E-state index in [1.807, 2.05) is 56.3 Å². The minimum absolute atomic E-state index is 0.157. The predicted molar refractivity (Wildman–Crippen MR) is 90.7 cm³/mol. The van der Waals surface area contributed by atoms with Gasteiger partial charge in [0.2, 0.25) is 0 Å². The zero-order valence-electron chi connectivity index (χ0n) is 11.7. The Hall–Kier alpha value is -1.84. The van der Waals surface area contributed by atoms with Gasteiger partial charge in [-0.3, -0.25) is 4.79 Å². The number of hydrogen-bond donors (Lipinski definition) is 1. The number of carbonyl (C=O) groups excluding carboxylic acids is 1. The Morgan fingerprint density at radius 1 is 1.14 bits per heavy atom. The van der Waals surface area contributed by atoms with E-state index in [1.54, 1.807) is 0 Å². The molecule has 0 unspecified atom stereocenters. The van der Waals surface area contributed by atoms with Crippen molar-refractivity contribution in [2.45, 2.75) is 13.8 Å². The Labute approximate surface area is 132 Å². The molecule has 4 heteroatoms. The van der Waals surface area contributed by atoms with Crippen molar-refractivity contribution in [1.82, 2.24) is 0 Å². The lowest BCUT2D eigenvalue weighted by atomic mass is 10.1. The summed E-state index contributed by atoms with van der Waals surface area (Å²) < 4.78 is 1.02. The van der Waals surface area contributed by atoms with Gasteiger partial charge in [0.05, 0.1) is 5.02 Å². The molecule has 1 amide bonds. The number of carbonyl (C=O) groups is 1. The fraction of sp³-hybridized carbons (Fsp3) is 0.118. The second-order valence-electron chi connectivity index (χ2n) is 5.01. The molecule has 3 rings (SSSR count). The third-order valence-electron chi connectivity index (χ3n) is 3.38. The molecule has 0 aliphatic heterocycles. The maximum absolute atomic E-state index is 12.5. The highest BCUT2D eigenvalue weighted by molar-refractivity contribution is 7.21. The van der Waals surface area contributed by atoms with E-state index in [0.717, 1.165) is 26.9 Å². The molecule has 0 saturated carbocycles. The first-order valence-electron chi connectivity index (χ1n) is 6.62. The molecule has 2 aromatic carbocycles. The second-order valence-corrected chi connectivity index (χ2v) is 6.44. The highest BCUT2D eigenvalue weighted by Crippen LogP contribution is 2.35. The van der Waals surface area contributed by atoms with Crippen LogP contribution in [0.25, 0.3) is 10.1 Å². The molecule has 0 atom stereocenters. The van der Waals surface area contributed by atoms with Crippen molar-refractivity contribution in [2.75, 3.05) is 5.32 Å². The van der Waals surface area contributed by atoms with Gasteiger partial charge >= 0.3 is 0 Å². The van der Waals surface area contributed by atoms with Crippen LogP contribution >= 0.6 is 22.9 Å². The number of hydrogen-bond acceptors (Lipinski definition) is 2. The van der Waals surface area contributed by atoms with E-state index in [4.69, 9.17) is 11.6 Å². The zero-order valence-corrected chi connectivity index (χ0v) is 13.3. The van der Waals surface area contributed by atoms with Gasteiger partial charge in [0.15, 0.2) is 0 Å². The molecule has 0 fully saturated rings. The number of fused-ring (bicyclic) bond motifs is 1. The standard InChI is InChI=1S/C17H14ClNOS/c1-10-7-8-11(2)13(9-10)19-17(20)16-15(18)12-5-3-4-6-14(12)21-16/h3-9H,1-2H3,(H,19,20). The Morgan fingerprint density at radius 2 is 1.90 bits per heavy atom. The first-order chi connectivity index (χ1) is 10.1. The summed E-state index contributed by atoms with van der Waals surface area (Å²) in [6, 6.07) is 13.8. The molecule has 21 heavy (non-hydrogen) atoms. The van der Waals surface area contributed by atoms with Crippen molar-refractivity contribution < 1.29 is 4.79 Å². The first-order valence-corrected chi connectivity index (χ1v) is 7.81. The lowest BCUT2D eigenvalue weighted by Gasteiger charge is -2.08. The van der Waals surface area contributed by atoms with Crippen molar-refractivity contribution in [3.8, 4) is 0 Å². The monoisotopic (exact) mass is 315 g/mol. The molecular formula is C17H14ClNOS. The van der Waals surface area contributed by atoms with E-state index >= 15 is 0 Å². The average Bonchev–Trinajstić information content (AvgIpc) is 2.81. The third kappa shape index (κ3) is 2.67. The van der Waals surface area contributed by atoms with Crippen LogP contribution in [0.5, 0.6) is 0 Å². The Bertz CT molecular complexity index is 838. The van der Waals surface area contributed by atoms with Gasteiger partial charge in [-0.2, -0.15) is 0 Å². The van der Waals surface area contributed by atoms with E-state index in [-0.39, 0.29) is 5.91 Å². The van der Waals surface area contributed by atoms with Crippen molar-refractivity contribution in [3.05, 3.63) is 63.5 Å². The number of rotatable bonds is 2. The fourth-order valence-electron chi connectivity index (χ4n) is 2.21. The van der Waals surface area contributed by atoms with Crippen molar-refractivity contribution in [3.63, 3.8) is 0 Å². The highest BCUT2D eigenvalue weighted by Gasteiger charge is 2.17. The maximum Gasteiger partial charge on any atom is 0.267 e. The molecule has 2 nitrogen and oxygen atoms in total. The molecule has 0 aliphatic rings. The van der Waals surface area contributed by atoms with Gasteiger partial charge in [-0.25, -0.2) is 0 Å². The molecular weight excluding hydrogens is 302 g/mol. The summed E-state index contributed by atoms with van der Waals surface area (Å²) in [5.74, 6) is -0.157. The van der Waals surface area contributed by atoms with Crippen LogP contribution in [0, 0.1) is 13.8 Å². The van der Waals surface area contributed by atoms with Crippen LogP contribution in [0.3, 0.4) is 0 Å². The summed E-state index contributed by atoms with van der Waals surface area (Å²) in [5, 5.41) is 4.41. The van der Waals surface area contributed by atoms with Gasteiger partial charge in [0, 0.05) is 15.8 Å². The van der Waals surface area contributed by atoms with Crippen LogP contribution in [0.1, 0.15) is 20.8 Å². The minimum atomic E-state index is -0.157. The summed E-state index contributed by atoms with van der Waals surface area (Å²) in [6.45, 7) is 3.98. The quantitative estimate of drug-likeness (QED) is 0.671. The van der Waals surface area contributed by atoms with Crippen LogP contribution in [-0.2, 0) is 0 Å². The molecule has 0 aliphatic carbocycles. The van der Waals surface area contributed by atoms with Gasteiger partial charge < -0.3 is 5.32 Å². The van der Waals surface area contributed by atoms with Gasteiger partial charge in [-0.05, 0) is 37.1 Å². The largest absolute Gasteiger partial charge is 0.321 e. The highest BCUT2D eigenvalue weighted by atomic mass is 35.5. The molecule has 0 radical (unpaired) electrons. The Morgan fingerprint density at radius 3 is 2.67 bits per heavy atom. The molecule has 0 spiro atoms. The van der Waals surface area contributed by atoms with Gasteiger partial charge in [0.1, 0.15) is 4.88 Å². The van der Waals surface area contributed by atoms with E-state index in [9.17, 15) is 4.79 Å². The molecule has 0 saturated heterocycles. The molecule has 106 valence electrons. The van der Waals surface area contributed by atoms with Crippen molar-refractivity contribution >= 4 is 44.6 Å². The topological polar surface area (TPSA) is 29.1 Å². The smallest absolute Gasteiger partial charge is 0.267 e. The number of amides is 1. The summed E-state index contributed by atoms with van der Waals surface area (Å²) in [6.07, 6.45) is 0. The second kappa shape index (κ2) is 5.51. The predicted octanol–water partition coefficient (Wildman–Crippen LogP) is 5.42. The maximum atomic E-state index is 12.5. The third-order valence-corrected chi connectivity index (χ3v) is 5.06. The normalized spacial score (nSPS) is 10.8. The van der Waals surface area contributed by atoms with Crippen LogP contribution < -0.4 is 5.32 Å². The minimum Gasteiger partial charge on any atom is -0.321 e. The lowest BCUT2D eigenvalue weighted by molar-refractivity contribution is 0.103. The molecule has 1 aromatic heterocycles. The number of benzene rings is 2. The van der Waals surface area contributed by atoms with Crippen LogP contribution in [0.4, 0.5) is 5.69 Å². The van der Waals surface area contributed by atoms with E-state index < -0.39 is 0 Å². The number of thiophene rings is 1. The van der Waals surface area contributed by atoms with Crippen LogP contribution in [0.15, 0.2) is 42.5 Å². The van der Waals surface area contributed by atoms with Gasteiger partial charge in [-0.1, -0.05) is 41.9 Å².